The maximum absolute atomic E-state index is 13.0. The molecule has 0 bridgehead atoms. The predicted molar refractivity (Wildman–Crippen MR) is 95.9 cm³/mol. The van der Waals surface area contributed by atoms with Crippen LogP contribution in [0.5, 0.6) is 0 Å². The van der Waals surface area contributed by atoms with Crippen molar-refractivity contribution >= 4 is 5.91 Å². The number of furan rings is 1. The first-order chi connectivity index (χ1) is 12.1. The number of likely N-dealkylation sites (tertiary alicyclic amines) is 1. The van der Waals surface area contributed by atoms with Crippen LogP contribution < -0.4 is 5.32 Å². The third-order valence-corrected chi connectivity index (χ3v) is 4.77. The second-order valence-corrected chi connectivity index (χ2v) is 6.80. The number of nitrogens with zero attached hydrogens (tertiary/aromatic N) is 1. The molecule has 0 spiro atoms. The molecule has 5 heteroatoms. The maximum Gasteiger partial charge on any atom is 0.287 e. The lowest BCUT2D eigenvalue weighted by atomic mass is 9.99. The second-order valence-electron chi connectivity index (χ2n) is 6.80. The third kappa shape index (κ3) is 4.92. The summed E-state index contributed by atoms with van der Waals surface area (Å²) in [4.78, 5) is 14.6. The zero-order valence-corrected chi connectivity index (χ0v) is 14.6. The molecule has 0 unspecified atom stereocenters. The Balaban J connectivity index is 1.43. The molecule has 1 aromatic carbocycles. The number of carbonyl (C=O) groups is 1. The molecular formula is C20H25FN2O2. The van der Waals surface area contributed by atoms with Gasteiger partial charge in [0.2, 0.25) is 0 Å². The second kappa shape index (κ2) is 8.30. The van der Waals surface area contributed by atoms with Crippen LogP contribution in [0.4, 0.5) is 4.39 Å². The summed E-state index contributed by atoms with van der Waals surface area (Å²) in [7, 11) is 0. The Labute approximate surface area is 148 Å². The van der Waals surface area contributed by atoms with Gasteiger partial charge in [-0.3, -0.25) is 4.79 Å². The van der Waals surface area contributed by atoms with Gasteiger partial charge in [0.1, 0.15) is 11.6 Å². The molecule has 1 saturated heterocycles. The SMILES string of the molecule is CC1CCN(CCCNC(=O)c2ccc(-c3ccc(F)cc3)o2)CC1. The Morgan fingerprint density at radius 3 is 2.64 bits per heavy atom. The number of benzene rings is 1. The summed E-state index contributed by atoms with van der Waals surface area (Å²) in [5, 5.41) is 2.90. The lowest BCUT2D eigenvalue weighted by Gasteiger charge is -2.30. The number of hydrogen-bond donors (Lipinski definition) is 1. The minimum atomic E-state index is -0.295. The summed E-state index contributed by atoms with van der Waals surface area (Å²) in [5.74, 6) is 1.18. The van der Waals surface area contributed by atoms with Gasteiger partial charge in [0.15, 0.2) is 5.76 Å². The van der Waals surface area contributed by atoms with E-state index in [1.54, 1.807) is 24.3 Å². The van der Waals surface area contributed by atoms with E-state index >= 15 is 0 Å². The van der Waals surface area contributed by atoms with Crippen LogP contribution >= 0.6 is 0 Å². The summed E-state index contributed by atoms with van der Waals surface area (Å²) < 4.78 is 18.5. The topological polar surface area (TPSA) is 45.5 Å². The first-order valence-corrected chi connectivity index (χ1v) is 8.98. The Bertz CT molecular complexity index is 688. The molecule has 134 valence electrons. The molecule has 1 aliphatic heterocycles. The van der Waals surface area contributed by atoms with E-state index in [4.69, 9.17) is 4.42 Å². The van der Waals surface area contributed by atoms with Crippen molar-refractivity contribution in [3.8, 4) is 11.3 Å². The van der Waals surface area contributed by atoms with E-state index < -0.39 is 0 Å². The zero-order chi connectivity index (χ0) is 17.6. The molecule has 1 N–H and O–H groups in total. The molecule has 0 radical (unpaired) electrons. The normalized spacial score (nSPS) is 16.1. The molecule has 3 rings (SSSR count). The number of nitrogens with one attached hydrogen (secondary N) is 1. The average Bonchev–Trinajstić information content (AvgIpc) is 3.11. The smallest absolute Gasteiger partial charge is 0.287 e. The van der Waals surface area contributed by atoms with Crippen molar-refractivity contribution in [1.29, 1.82) is 0 Å². The molecular weight excluding hydrogens is 319 g/mol. The molecule has 0 atom stereocenters. The minimum Gasteiger partial charge on any atom is -0.451 e. The monoisotopic (exact) mass is 344 g/mol. The highest BCUT2D eigenvalue weighted by Gasteiger charge is 2.15. The lowest BCUT2D eigenvalue weighted by molar-refractivity contribution is 0.0924. The first kappa shape index (κ1) is 17.7. The highest BCUT2D eigenvalue weighted by Crippen LogP contribution is 2.22. The summed E-state index contributed by atoms with van der Waals surface area (Å²) in [6.45, 7) is 6.28. The zero-order valence-electron chi connectivity index (χ0n) is 14.6. The van der Waals surface area contributed by atoms with Crippen molar-refractivity contribution in [2.45, 2.75) is 26.2 Å². The molecule has 1 aromatic heterocycles. The van der Waals surface area contributed by atoms with E-state index in [0.717, 1.165) is 37.5 Å². The van der Waals surface area contributed by atoms with Gasteiger partial charge >= 0.3 is 0 Å². The molecule has 2 aromatic rings. The molecule has 0 aliphatic carbocycles. The molecule has 1 amide bonds. The number of amides is 1. The molecule has 4 nitrogen and oxygen atoms in total. The summed E-state index contributed by atoms with van der Waals surface area (Å²) in [6.07, 6.45) is 3.47. The largest absolute Gasteiger partial charge is 0.451 e. The summed E-state index contributed by atoms with van der Waals surface area (Å²) in [5.41, 5.74) is 0.750. The van der Waals surface area contributed by atoms with E-state index in [0.29, 0.717) is 12.3 Å². The van der Waals surface area contributed by atoms with Crippen LogP contribution in [0.25, 0.3) is 11.3 Å². The van der Waals surface area contributed by atoms with Crippen LogP contribution in [-0.2, 0) is 0 Å². The van der Waals surface area contributed by atoms with Gasteiger partial charge < -0.3 is 14.6 Å². The Morgan fingerprint density at radius 2 is 1.92 bits per heavy atom. The number of halogens is 1. The van der Waals surface area contributed by atoms with Crippen LogP contribution in [-0.4, -0.2) is 37.0 Å². The minimum absolute atomic E-state index is 0.208. The van der Waals surface area contributed by atoms with Crippen molar-refractivity contribution in [1.82, 2.24) is 10.2 Å². The number of hydrogen-bond acceptors (Lipinski definition) is 3. The van der Waals surface area contributed by atoms with Crippen molar-refractivity contribution in [3.05, 3.63) is 48.0 Å². The predicted octanol–water partition coefficient (Wildman–Crippen LogP) is 3.94. The van der Waals surface area contributed by atoms with Gasteiger partial charge in [-0.1, -0.05) is 6.92 Å². The fourth-order valence-corrected chi connectivity index (χ4v) is 3.11. The van der Waals surface area contributed by atoms with E-state index in [1.807, 2.05) is 0 Å². The van der Waals surface area contributed by atoms with Gasteiger partial charge in [-0.15, -0.1) is 0 Å². The molecule has 1 aliphatic rings. The van der Waals surface area contributed by atoms with Crippen LogP contribution in [0.3, 0.4) is 0 Å². The van der Waals surface area contributed by atoms with Crippen molar-refractivity contribution < 1.29 is 13.6 Å². The van der Waals surface area contributed by atoms with Gasteiger partial charge in [-0.25, -0.2) is 4.39 Å². The van der Waals surface area contributed by atoms with Gasteiger partial charge in [0, 0.05) is 12.1 Å². The Morgan fingerprint density at radius 1 is 1.20 bits per heavy atom. The lowest BCUT2D eigenvalue weighted by Crippen LogP contribution is -2.35. The number of piperidine rings is 1. The van der Waals surface area contributed by atoms with E-state index in [2.05, 4.69) is 17.1 Å². The Kier molecular flexibility index (Phi) is 5.87. The quantitative estimate of drug-likeness (QED) is 0.808. The van der Waals surface area contributed by atoms with Crippen molar-refractivity contribution in [3.63, 3.8) is 0 Å². The fourth-order valence-electron chi connectivity index (χ4n) is 3.11. The van der Waals surface area contributed by atoms with E-state index in [9.17, 15) is 9.18 Å². The van der Waals surface area contributed by atoms with Crippen LogP contribution in [0, 0.1) is 11.7 Å². The van der Waals surface area contributed by atoms with Gasteiger partial charge in [-0.2, -0.15) is 0 Å². The fraction of sp³-hybridized carbons (Fsp3) is 0.450. The van der Waals surface area contributed by atoms with E-state index in [-0.39, 0.29) is 17.5 Å². The number of carbonyl (C=O) groups excluding carboxylic acids is 1. The van der Waals surface area contributed by atoms with Crippen molar-refractivity contribution in [2.75, 3.05) is 26.2 Å². The molecule has 1 fully saturated rings. The first-order valence-electron chi connectivity index (χ1n) is 8.98. The van der Waals surface area contributed by atoms with Crippen LogP contribution in [0.15, 0.2) is 40.8 Å². The van der Waals surface area contributed by atoms with Gasteiger partial charge in [0.05, 0.1) is 0 Å². The van der Waals surface area contributed by atoms with Crippen LogP contribution in [0.1, 0.15) is 36.7 Å². The standard InChI is InChI=1S/C20H25FN2O2/c1-15-9-13-23(14-10-15)12-2-11-22-20(24)19-8-7-18(25-19)16-3-5-17(21)6-4-16/h3-8,15H,2,9-14H2,1H3,(H,22,24). The number of rotatable bonds is 6. The van der Waals surface area contributed by atoms with Crippen LogP contribution in [0.2, 0.25) is 0 Å². The van der Waals surface area contributed by atoms with E-state index in [1.165, 1.54) is 25.0 Å². The highest BCUT2D eigenvalue weighted by molar-refractivity contribution is 5.92. The molecule has 2 heterocycles. The summed E-state index contributed by atoms with van der Waals surface area (Å²) in [6, 6.07) is 9.40. The summed E-state index contributed by atoms with van der Waals surface area (Å²) >= 11 is 0. The molecule has 25 heavy (non-hydrogen) atoms. The molecule has 0 saturated carbocycles. The van der Waals surface area contributed by atoms with Gasteiger partial charge in [0.25, 0.3) is 5.91 Å². The Hall–Kier alpha value is -2.14. The highest BCUT2D eigenvalue weighted by atomic mass is 19.1. The van der Waals surface area contributed by atoms with Crippen molar-refractivity contribution in [2.24, 2.45) is 5.92 Å². The average molecular weight is 344 g/mol. The maximum atomic E-state index is 13.0. The third-order valence-electron chi connectivity index (χ3n) is 4.77. The van der Waals surface area contributed by atoms with Gasteiger partial charge in [-0.05, 0) is 81.2 Å².